The van der Waals surface area contributed by atoms with Gasteiger partial charge >= 0.3 is 0 Å². The van der Waals surface area contributed by atoms with Gasteiger partial charge in [-0.15, -0.1) is 0 Å². The lowest BCUT2D eigenvalue weighted by Crippen LogP contribution is -2.41. The number of primary amides is 1. The van der Waals surface area contributed by atoms with Crippen LogP contribution in [0.15, 0.2) is 30.3 Å². The molecule has 5 heteroatoms. The van der Waals surface area contributed by atoms with Crippen LogP contribution >= 0.6 is 0 Å². The standard InChI is InChI=1S/C17H25N2O3/c1-2-3-11-19-17(22)15(16(18)21)12-14(20)10-9-13-7-5-4-6-8-13/h4-8,10,14-15,20H,2-3,9,11-12H2,1H3,(H2,18,21)(H,19,22). The predicted octanol–water partition coefficient (Wildman–Crippen LogP) is 1.20. The Morgan fingerprint density at radius 3 is 2.59 bits per heavy atom. The normalized spacial score (nSPS) is 13.4. The fourth-order valence-electron chi connectivity index (χ4n) is 2.09. The Labute approximate surface area is 131 Å². The smallest absolute Gasteiger partial charge is 0.232 e. The van der Waals surface area contributed by atoms with E-state index in [0.717, 1.165) is 18.4 Å². The van der Waals surface area contributed by atoms with Gasteiger partial charge in [0.15, 0.2) is 0 Å². The summed E-state index contributed by atoms with van der Waals surface area (Å²) in [6, 6.07) is 9.66. The molecule has 0 bridgehead atoms. The second-order valence-corrected chi connectivity index (χ2v) is 5.33. The molecule has 0 fully saturated rings. The number of hydrogen-bond donors (Lipinski definition) is 3. The van der Waals surface area contributed by atoms with E-state index in [9.17, 15) is 14.7 Å². The first kappa shape index (κ1) is 18.2. The molecule has 0 aliphatic heterocycles. The van der Waals surface area contributed by atoms with Crippen LogP contribution in [0.5, 0.6) is 0 Å². The molecule has 0 aliphatic carbocycles. The summed E-state index contributed by atoms with van der Waals surface area (Å²) in [5.74, 6) is -2.12. The Balaban J connectivity index is 2.44. The van der Waals surface area contributed by atoms with Crippen LogP contribution in [0.1, 0.15) is 31.7 Å². The lowest BCUT2D eigenvalue weighted by atomic mass is 9.96. The summed E-state index contributed by atoms with van der Waals surface area (Å²) in [4.78, 5) is 23.4. The average molecular weight is 305 g/mol. The zero-order valence-electron chi connectivity index (χ0n) is 13.0. The van der Waals surface area contributed by atoms with Crippen molar-refractivity contribution in [2.75, 3.05) is 6.54 Å². The van der Waals surface area contributed by atoms with Crippen LogP contribution in [0.3, 0.4) is 0 Å². The van der Waals surface area contributed by atoms with Crippen molar-refractivity contribution in [1.29, 1.82) is 0 Å². The molecule has 1 rings (SSSR count). The maximum absolute atomic E-state index is 11.9. The van der Waals surface area contributed by atoms with E-state index in [4.69, 9.17) is 5.73 Å². The molecule has 5 nitrogen and oxygen atoms in total. The van der Waals surface area contributed by atoms with Crippen LogP contribution in [0.2, 0.25) is 0 Å². The number of benzene rings is 1. The quantitative estimate of drug-likeness (QED) is 0.448. The Morgan fingerprint density at radius 1 is 1.32 bits per heavy atom. The first-order valence-electron chi connectivity index (χ1n) is 7.67. The Kier molecular flexibility index (Phi) is 8.22. The van der Waals surface area contributed by atoms with Crippen molar-refractivity contribution < 1.29 is 14.7 Å². The van der Waals surface area contributed by atoms with Crippen LogP contribution in [-0.4, -0.2) is 29.6 Å². The minimum Gasteiger partial charge on any atom is -0.393 e. The Morgan fingerprint density at radius 2 is 2.00 bits per heavy atom. The van der Waals surface area contributed by atoms with Crippen molar-refractivity contribution in [1.82, 2.24) is 5.32 Å². The lowest BCUT2D eigenvalue weighted by Gasteiger charge is -2.17. The van der Waals surface area contributed by atoms with Gasteiger partial charge in [0.05, 0.1) is 6.10 Å². The number of carbonyl (C=O) groups excluding carboxylic acids is 2. The lowest BCUT2D eigenvalue weighted by molar-refractivity contribution is -0.134. The van der Waals surface area contributed by atoms with Crippen LogP contribution in [-0.2, 0) is 16.0 Å². The molecule has 0 spiro atoms. The maximum Gasteiger partial charge on any atom is 0.232 e. The Bertz CT molecular complexity index is 462. The average Bonchev–Trinajstić information content (AvgIpc) is 2.51. The van der Waals surface area contributed by atoms with Crippen molar-refractivity contribution in [3.05, 3.63) is 42.3 Å². The highest BCUT2D eigenvalue weighted by atomic mass is 16.3. The number of nitrogens with one attached hydrogen (secondary N) is 1. The molecule has 2 unspecified atom stereocenters. The van der Waals surface area contributed by atoms with Gasteiger partial charge in [-0.3, -0.25) is 9.59 Å². The molecule has 1 aromatic carbocycles. The van der Waals surface area contributed by atoms with Crippen LogP contribution in [0.4, 0.5) is 0 Å². The second kappa shape index (κ2) is 9.95. The van der Waals surface area contributed by atoms with Crippen molar-refractivity contribution in [2.45, 2.75) is 38.7 Å². The summed E-state index contributed by atoms with van der Waals surface area (Å²) in [5, 5.41) is 12.7. The van der Waals surface area contributed by atoms with E-state index >= 15 is 0 Å². The first-order valence-corrected chi connectivity index (χ1v) is 7.67. The molecule has 4 N–H and O–H groups in total. The number of amides is 2. The van der Waals surface area contributed by atoms with Crippen molar-refractivity contribution in [2.24, 2.45) is 11.7 Å². The third kappa shape index (κ3) is 6.72. The van der Waals surface area contributed by atoms with E-state index in [1.807, 2.05) is 37.3 Å². The zero-order valence-corrected chi connectivity index (χ0v) is 13.0. The highest BCUT2D eigenvalue weighted by Crippen LogP contribution is 2.12. The second-order valence-electron chi connectivity index (χ2n) is 5.33. The Hall–Kier alpha value is -1.88. The number of aliphatic hydroxyl groups is 1. The largest absolute Gasteiger partial charge is 0.393 e. The molecule has 22 heavy (non-hydrogen) atoms. The number of nitrogens with two attached hydrogens (primary N) is 1. The number of carbonyl (C=O) groups is 2. The number of aliphatic hydroxyl groups excluding tert-OH is 1. The molecule has 0 saturated carbocycles. The van der Waals surface area contributed by atoms with Gasteiger partial charge in [-0.2, -0.15) is 0 Å². The fourth-order valence-corrected chi connectivity index (χ4v) is 2.09. The molecule has 0 aliphatic rings. The van der Waals surface area contributed by atoms with Gasteiger partial charge in [0.2, 0.25) is 11.8 Å². The van der Waals surface area contributed by atoms with E-state index in [1.165, 1.54) is 0 Å². The third-order valence-electron chi connectivity index (χ3n) is 3.44. The number of rotatable bonds is 10. The maximum atomic E-state index is 11.9. The summed E-state index contributed by atoms with van der Waals surface area (Å²) < 4.78 is 0. The number of unbranched alkanes of at least 4 members (excludes halogenated alkanes) is 1. The van der Waals surface area contributed by atoms with Gasteiger partial charge in [-0.05, 0) is 31.2 Å². The molecule has 121 valence electrons. The zero-order chi connectivity index (χ0) is 16.4. The molecule has 1 aromatic rings. The van der Waals surface area contributed by atoms with Crippen LogP contribution < -0.4 is 11.1 Å². The first-order chi connectivity index (χ1) is 10.5. The van der Waals surface area contributed by atoms with Crippen molar-refractivity contribution in [3.8, 4) is 0 Å². The van der Waals surface area contributed by atoms with E-state index < -0.39 is 23.8 Å². The van der Waals surface area contributed by atoms with Crippen molar-refractivity contribution in [3.63, 3.8) is 0 Å². The van der Waals surface area contributed by atoms with E-state index in [0.29, 0.717) is 13.0 Å². The third-order valence-corrected chi connectivity index (χ3v) is 3.44. The van der Waals surface area contributed by atoms with Gasteiger partial charge in [-0.25, -0.2) is 0 Å². The summed E-state index contributed by atoms with van der Waals surface area (Å²) >= 11 is 0. The van der Waals surface area contributed by atoms with E-state index in [2.05, 4.69) is 5.32 Å². The summed E-state index contributed by atoms with van der Waals surface area (Å²) in [7, 11) is 0. The number of hydrogen-bond acceptors (Lipinski definition) is 3. The summed E-state index contributed by atoms with van der Waals surface area (Å²) in [5.41, 5.74) is 6.33. The molecule has 0 saturated heterocycles. The summed E-state index contributed by atoms with van der Waals surface area (Å²) in [6.07, 6.45) is 3.22. The topological polar surface area (TPSA) is 92.4 Å². The summed E-state index contributed by atoms with van der Waals surface area (Å²) in [6.45, 7) is 2.53. The molecular weight excluding hydrogens is 280 g/mol. The van der Waals surface area contributed by atoms with Crippen molar-refractivity contribution >= 4 is 11.8 Å². The van der Waals surface area contributed by atoms with E-state index in [-0.39, 0.29) is 6.42 Å². The molecular formula is C17H25N2O3. The monoisotopic (exact) mass is 305 g/mol. The molecule has 2 atom stereocenters. The van der Waals surface area contributed by atoms with Gasteiger partial charge < -0.3 is 16.2 Å². The van der Waals surface area contributed by atoms with Gasteiger partial charge in [0, 0.05) is 6.54 Å². The van der Waals surface area contributed by atoms with Gasteiger partial charge in [0.1, 0.15) is 5.92 Å². The molecule has 2 amide bonds. The highest BCUT2D eigenvalue weighted by molar-refractivity contribution is 5.99. The predicted molar refractivity (Wildman–Crippen MR) is 85.7 cm³/mol. The highest BCUT2D eigenvalue weighted by Gasteiger charge is 2.26. The molecule has 0 heterocycles. The minimum absolute atomic E-state index is 0.0140. The fraction of sp³-hybridized carbons (Fsp3) is 0.471. The van der Waals surface area contributed by atoms with Gasteiger partial charge in [0.25, 0.3) is 0 Å². The molecule has 1 radical (unpaired) electrons. The minimum atomic E-state index is -1.00. The van der Waals surface area contributed by atoms with Crippen LogP contribution in [0.25, 0.3) is 0 Å². The van der Waals surface area contributed by atoms with E-state index in [1.54, 1.807) is 6.42 Å². The SMILES string of the molecule is CCCCNC(=O)C(CC(O)[CH]Cc1ccccc1)C(N)=O. The molecule has 0 aromatic heterocycles. The van der Waals surface area contributed by atoms with Crippen LogP contribution in [0, 0.1) is 12.3 Å². The van der Waals surface area contributed by atoms with Gasteiger partial charge in [-0.1, -0.05) is 43.7 Å².